The van der Waals surface area contributed by atoms with E-state index in [4.69, 9.17) is 34.8 Å². The second-order valence-corrected chi connectivity index (χ2v) is 6.95. The van der Waals surface area contributed by atoms with Crippen molar-refractivity contribution < 1.29 is 14.4 Å². The third-order valence-electron chi connectivity index (χ3n) is 2.72. The van der Waals surface area contributed by atoms with Crippen LogP contribution in [-0.4, -0.2) is 34.4 Å². The van der Waals surface area contributed by atoms with Crippen molar-refractivity contribution in [1.29, 1.82) is 0 Å². The number of nitrogens with zero attached hydrogens (tertiary/aromatic N) is 2. The minimum absolute atomic E-state index is 0.202. The molecular weight excluding hydrogens is 353 g/mol. The lowest BCUT2D eigenvalue weighted by molar-refractivity contribution is -0.116. The number of alkyl halides is 1. The minimum Gasteiger partial charge on any atom is -0.319 e. The van der Waals surface area contributed by atoms with Crippen molar-refractivity contribution in [1.82, 2.24) is 10.2 Å². The smallest absolute Gasteiger partial charge is 0.319 e. The average Bonchev–Trinajstić information content (AvgIpc) is 2.61. The number of nitrogens with one attached hydrogen (secondary N) is 1. The first kappa shape index (κ1) is 16.9. The fourth-order valence-electron chi connectivity index (χ4n) is 1.90. The quantitative estimate of drug-likeness (QED) is 0.496. The highest BCUT2D eigenvalue weighted by molar-refractivity contribution is 6.35. The summed E-state index contributed by atoms with van der Waals surface area (Å²) in [6, 6.07) is 2.75. The van der Waals surface area contributed by atoms with E-state index in [-0.39, 0.29) is 22.3 Å². The molecule has 0 aliphatic carbocycles. The lowest BCUT2D eigenvalue weighted by atomic mass is 10.3. The van der Waals surface area contributed by atoms with Gasteiger partial charge in [0.25, 0.3) is 5.91 Å². The molecule has 0 radical (unpaired) electrons. The summed E-state index contributed by atoms with van der Waals surface area (Å²) >= 11 is 17.6. The normalized spacial score (nSPS) is 15.5. The molecule has 0 spiro atoms. The summed E-state index contributed by atoms with van der Waals surface area (Å²) in [6.07, 6.45) is 0. The van der Waals surface area contributed by atoms with Crippen LogP contribution in [0.4, 0.5) is 15.3 Å². The predicted octanol–water partition coefficient (Wildman–Crippen LogP) is 3.45. The van der Waals surface area contributed by atoms with Gasteiger partial charge >= 0.3 is 12.1 Å². The van der Waals surface area contributed by atoms with Gasteiger partial charge in [0.05, 0.1) is 5.69 Å². The number of hydrogen-bond donors (Lipinski definition) is 1. The van der Waals surface area contributed by atoms with Gasteiger partial charge in [0, 0.05) is 10.0 Å². The van der Waals surface area contributed by atoms with Crippen molar-refractivity contribution in [3.05, 3.63) is 28.2 Å². The molecule has 0 aromatic heterocycles. The number of amides is 5. The van der Waals surface area contributed by atoms with Crippen LogP contribution in [0.15, 0.2) is 18.2 Å². The summed E-state index contributed by atoms with van der Waals surface area (Å²) in [4.78, 5) is 36.9. The molecular formula is C13H12Cl3N3O3. The third-order valence-corrected chi connectivity index (χ3v) is 3.25. The Morgan fingerprint density at radius 1 is 1.18 bits per heavy atom. The molecule has 6 nitrogen and oxygen atoms in total. The molecule has 5 amide bonds. The van der Waals surface area contributed by atoms with Gasteiger partial charge in [-0.15, -0.1) is 0 Å². The summed E-state index contributed by atoms with van der Waals surface area (Å²) in [7, 11) is 0. The Hall–Kier alpha value is -1.50. The zero-order valence-electron chi connectivity index (χ0n) is 11.7. The van der Waals surface area contributed by atoms with Gasteiger partial charge in [-0.05, 0) is 32.0 Å². The number of urea groups is 2. The summed E-state index contributed by atoms with van der Waals surface area (Å²) < 4.78 is 0. The van der Waals surface area contributed by atoms with Gasteiger partial charge in [0.2, 0.25) is 0 Å². The minimum atomic E-state index is -1.05. The Labute approximate surface area is 141 Å². The first-order chi connectivity index (χ1) is 10.1. The van der Waals surface area contributed by atoms with Crippen molar-refractivity contribution in [3.63, 3.8) is 0 Å². The van der Waals surface area contributed by atoms with E-state index in [1.807, 2.05) is 0 Å². The monoisotopic (exact) mass is 363 g/mol. The maximum absolute atomic E-state index is 12.3. The summed E-state index contributed by atoms with van der Waals surface area (Å²) in [6.45, 7) is 2.70. The molecule has 9 heteroatoms. The van der Waals surface area contributed by atoms with Gasteiger partial charge in [-0.1, -0.05) is 34.8 Å². The maximum atomic E-state index is 12.3. The lowest BCUT2D eigenvalue weighted by Crippen LogP contribution is -2.48. The first-order valence-corrected chi connectivity index (χ1v) is 7.33. The van der Waals surface area contributed by atoms with Gasteiger partial charge in [-0.25, -0.2) is 19.4 Å². The van der Waals surface area contributed by atoms with Crippen LogP contribution in [0.3, 0.4) is 0 Å². The molecule has 22 heavy (non-hydrogen) atoms. The maximum Gasteiger partial charge on any atom is 0.340 e. The summed E-state index contributed by atoms with van der Waals surface area (Å²) in [5, 5.41) is 2.95. The van der Waals surface area contributed by atoms with Gasteiger partial charge in [-0.2, -0.15) is 0 Å². The van der Waals surface area contributed by atoms with Crippen LogP contribution in [0.25, 0.3) is 0 Å². The molecule has 118 valence electrons. The molecule has 1 aromatic carbocycles. The highest BCUT2D eigenvalue weighted by Gasteiger charge is 2.41. The Morgan fingerprint density at radius 2 is 1.73 bits per heavy atom. The van der Waals surface area contributed by atoms with E-state index in [9.17, 15) is 14.4 Å². The van der Waals surface area contributed by atoms with Crippen LogP contribution in [0, 0.1) is 0 Å². The van der Waals surface area contributed by atoms with Crippen molar-refractivity contribution in [2.24, 2.45) is 0 Å². The molecule has 0 bridgehead atoms. The highest BCUT2D eigenvalue weighted by Crippen LogP contribution is 2.28. The SMILES string of the molecule is CC(C)(Cl)NC(=O)N1CC(=O)N(c2cc(Cl)cc(Cl)c2)C1=O. The molecule has 1 N–H and O–H groups in total. The largest absolute Gasteiger partial charge is 0.340 e. The van der Waals surface area contributed by atoms with Gasteiger partial charge in [0.15, 0.2) is 0 Å². The summed E-state index contributed by atoms with van der Waals surface area (Å²) in [5.41, 5.74) is 0.202. The Balaban J connectivity index is 2.27. The van der Waals surface area contributed by atoms with Crippen molar-refractivity contribution in [2.75, 3.05) is 11.4 Å². The molecule has 1 fully saturated rings. The number of carbonyl (C=O) groups excluding carboxylic acids is 3. The van der Waals surface area contributed by atoms with E-state index in [2.05, 4.69) is 5.32 Å². The van der Waals surface area contributed by atoms with E-state index < -0.39 is 23.0 Å². The van der Waals surface area contributed by atoms with Gasteiger partial charge in [0.1, 0.15) is 11.5 Å². The molecule has 0 saturated carbocycles. The van der Waals surface area contributed by atoms with Crippen molar-refractivity contribution in [3.8, 4) is 0 Å². The molecule has 0 atom stereocenters. The van der Waals surface area contributed by atoms with Crippen LogP contribution in [0.1, 0.15) is 13.8 Å². The van der Waals surface area contributed by atoms with Crippen LogP contribution in [0.5, 0.6) is 0 Å². The molecule has 1 aromatic rings. The number of halogens is 3. The van der Waals surface area contributed by atoms with E-state index >= 15 is 0 Å². The standard InChI is InChI=1S/C13H12Cl3N3O3/c1-13(2,16)17-11(21)18-6-10(20)19(12(18)22)9-4-7(14)3-8(15)5-9/h3-5H,6H2,1-2H3,(H,17,21). The molecule has 1 saturated heterocycles. The number of imide groups is 2. The van der Waals surface area contributed by atoms with E-state index in [0.29, 0.717) is 0 Å². The zero-order valence-corrected chi connectivity index (χ0v) is 14.0. The third kappa shape index (κ3) is 3.63. The molecule has 2 rings (SSSR count). The number of benzene rings is 1. The number of anilines is 1. The lowest BCUT2D eigenvalue weighted by Gasteiger charge is -2.22. The number of hydrogen-bond acceptors (Lipinski definition) is 3. The van der Waals surface area contributed by atoms with Crippen LogP contribution in [0.2, 0.25) is 10.0 Å². The Kier molecular flexibility index (Phi) is 4.56. The summed E-state index contributed by atoms with van der Waals surface area (Å²) in [5.74, 6) is -0.564. The van der Waals surface area contributed by atoms with E-state index in [1.54, 1.807) is 13.8 Å². The fourth-order valence-corrected chi connectivity index (χ4v) is 2.50. The molecule has 0 unspecified atom stereocenters. The second-order valence-electron chi connectivity index (χ2n) is 5.13. The molecule has 1 heterocycles. The number of rotatable bonds is 2. The van der Waals surface area contributed by atoms with Crippen LogP contribution in [-0.2, 0) is 4.79 Å². The van der Waals surface area contributed by atoms with E-state index in [1.165, 1.54) is 18.2 Å². The second kappa shape index (κ2) is 5.95. The Morgan fingerprint density at radius 3 is 2.23 bits per heavy atom. The molecule has 1 aliphatic rings. The first-order valence-electron chi connectivity index (χ1n) is 6.20. The average molecular weight is 365 g/mol. The molecule has 1 aliphatic heterocycles. The topological polar surface area (TPSA) is 69.7 Å². The van der Waals surface area contributed by atoms with Crippen LogP contribution >= 0.6 is 34.8 Å². The Bertz CT molecular complexity index is 637. The zero-order chi connectivity index (χ0) is 16.7. The predicted molar refractivity (Wildman–Crippen MR) is 84.5 cm³/mol. The van der Waals surface area contributed by atoms with Crippen LogP contribution < -0.4 is 10.2 Å². The highest BCUT2D eigenvalue weighted by atomic mass is 35.5. The number of carbonyl (C=O) groups is 3. The van der Waals surface area contributed by atoms with Crippen molar-refractivity contribution in [2.45, 2.75) is 18.8 Å². The van der Waals surface area contributed by atoms with Gasteiger partial charge < -0.3 is 5.32 Å². The fraction of sp³-hybridized carbons (Fsp3) is 0.308. The van der Waals surface area contributed by atoms with Crippen molar-refractivity contribution >= 4 is 58.5 Å². The van der Waals surface area contributed by atoms with E-state index in [0.717, 1.165) is 9.80 Å². The van der Waals surface area contributed by atoms with Gasteiger partial charge in [-0.3, -0.25) is 4.79 Å².